The van der Waals surface area contributed by atoms with Gasteiger partial charge in [-0.05, 0) is 31.5 Å². The molecule has 3 aromatic rings. The maximum Gasteiger partial charge on any atom is 0.262 e. The predicted octanol–water partition coefficient (Wildman–Crippen LogP) is 1.94. The van der Waals surface area contributed by atoms with Gasteiger partial charge in [-0.25, -0.2) is 4.98 Å². The van der Waals surface area contributed by atoms with E-state index < -0.39 is 0 Å². The second-order valence-electron chi connectivity index (χ2n) is 5.35. The van der Waals surface area contributed by atoms with Crippen molar-refractivity contribution >= 4 is 27.5 Å². The van der Waals surface area contributed by atoms with Crippen LogP contribution in [0.2, 0.25) is 0 Å². The van der Waals surface area contributed by atoms with E-state index in [0.717, 1.165) is 11.4 Å². The Morgan fingerprint density at radius 3 is 2.87 bits per heavy atom. The van der Waals surface area contributed by atoms with Crippen molar-refractivity contribution in [1.29, 1.82) is 0 Å². The van der Waals surface area contributed by atoms with Crippen LogP contribution in [-0.2, 0) is 13.6 Å². The van der Waals surface area contributed by atoms with E-state index in [0.29, 0.717) is 27.2 Å². The van der Waals surface area contributed by atoms with E-state index >= 15 is 0 Å². The van der Waals surface area contributed by atoms with Gasteiger partial charge in [0.15, 0.2) is 0 Å². The highest BCUT2D eigenvalue weighted by Gasteiger charge is 2.18. The first-order valence-corrected chi connectivity index (χ1v) is 7.94. The lowest BCUT2D eigenvalue weighted by Gasteiger charge is -2.04. The van der Waals surface area contributed by atoms with E-state index in [1.54, 1.807) is 14.0 Å². The molecule has 0 saturated heterocycles. The van der Waals surface area contributed by atoms with Gasteiger partial charge >= 0.3 is 0 Å². The number of hydrogen-bond acceptors (Lipinski definition) is 5. The Balaban J connectivity index is 1.88. The molecule has 0 unspecified atom stereocenters. The van der Waals surface area contributed by atoms with Gasteiger partial charge in [0.25, 0.3) is 11.5 Å². The van der Waals surface area contributed by atoms with Crippen molar-refractivity contribution in [2.45, 2.75) is 20.4 Å². The van der Waals surface area contributed by atoms with Crippen LogP contribution in [0.15, 0.2) is 29.3 Å². The number of fused-ring (bicyclic) bond motifs is 1. The standard InChI is InChI=1S/C16H16N4O2S/c1-9-5-4-6-11(19-9)7-17-14(21)13-10(2)12-15(23-13)18-8-20(3)16(12)22/h4-6,8H,7H2,1-3H3,(H,17,21). The lowest BCUT2D eigenvalue weighted by molar-refractivity contribution is 0.0954. The van der Waals surface area contributed by atoms with Gasteiger partial charge in [0.1, 0.15) is 4.83 Å². The van der Waals surface area contributed by atoms with Crippen LogP contribution in [0.25, 0.3) is 10.2 Å². The molecule has 3 rings (SSSR count). The Kier molecular flexibility index (Phi) is 3.96. The van der Waals surface area contributed by atoms with Gasteiger partial charge in [0, 0.05) is 12.7 Å². The number of aromatic nitrogens is 3. The molecule has 7 heteroatoms. The van der Waals surface area contributed by atoms with Gasteiger partial charge in [0.2, 0.25) is 0 Å². The minimum absolute atomic E-state index is 0.136. The number of hydrogen-bond donors (Lipinski definition) is 1. The third-order valence-corrected chi connectivity index (χ3v) is 4.79. The fraction of sp³-hybridized carbons (Fsp3) is 0.250. The summed E-state index contributed by atoms with van der Waals surface area (Å²) < 4.78 is 1.42. The minimum Gasteiger partial charge on any atom is -0.346 e. The first-order chi connectivity index (χ1) is 11.0. The van der Waals surface area contributed by atoms with Crippen LogP contribution in [0.3, 0.4) is 0 Å². The zero-order chi connectivity index (χ0) is 16.6. The zero-order valence-corrected chi connectivity index (χ0v) is 13.9. The number of carbonyl (C=O) groups is 1. The fourth-order valence-corrected chi connectivity index (χ4v) is 3.43. The molecule has 118 valence electrons. The van der Waals surface area contributed by atoms with Crippen LogP contribution >= 0.6 is 11.3 Å². The largest absolute Gasteiger partial charge is 0.346 e. The smallest absolute Gasteiger partial charge is 0.262 e. The summed E-state index contributed by atoms with van der Waals surface area (Å²) in [6, 6.07) is 5.67. The Bertz CT molecular complexity index is 958. The van der Waals surface area contributed by atoms with Crippen molar-refractivity contribution in [3.05, 3.63) is 56.7 Å². The number of aryl methyl sites for hydroxylation is 3. The third-order valence-electron chi connectivity index (χ3n) is 3.59. The average molecular weight is 328 g/mol. The van der Waals surface area contributed by atoms with Crippen molar-refractivity contribution < 1.29 is 4.79 Å². The molecular weight excluding hydrogens is 312 g/mol. The van der Waals surface area contributed by atoms with Gasteiger partial charge in [-0.3, -0.25) is 14.6 Å². The van der Waals surface area contributed by atoms with Gasteiger partial charge < -0.3 is 9.88 Å². The Morgan fingerprint density at radius 1 is 1.35 bits per heavy atom. The molecule has 3 heterocycles. The Morgan fingerprint density at radius 2 is 2.13 bits per heavy atom. The molecule has 0 aromatic carbocycles. The van der Waals surface area contributed by atoms with E-state index in [4.69, 9.17) is 0 Å². The topological polar surface area (TPSA) is 76.9 Å². The van der Waals surface area contributed by atoms with Gasteiger partial charge in [0.05, 0.1) is 28.8 Å². The summed E-state index contributed by atoms with van der Waals surface area (Å²) in [4.78, 5) is 34.3. The number of carbonyl (C=O) groups excluding carboxylic acids is 1. The fourth-order valence-electron chi connectivity index (χ4n) is 2.37. The Labute approximate surface area is 136 Å². The molecule has 0 saturated carbocycles. The molecule has 0 aliphatic carbocycles. The maximum atomic E-state index is 12.4. The van der Waals surface area contributed by atoms with Crippen molar-refractivity contribution in [2.75, 3.05) is 0 Å². The van der Waals surface area contributed by atoms with Crippen LogP contribution in [0.1, 0.15) is 26.6 Å². The maximum absolute atomic E-state index is 12.4. The molecule has 0 radical (unpaired) electrons. The van der Waals surface area contributed by atoms with E-state index in [1.165, 1.54) is 22.2 Å². The highest BCUT2D eigenvalue weighted by molar-refractivity contribution is 7.20. The number of rotatable bonds is 3. The molecule has 0 fully saturated rings. The molecule has 0 spiro atoms. The molecule has 0 bridgehead atoms. The van der Waals surface area contributed by atoms with Crippen molar-refractivity contribution in [1.82, 2.24) is 19.9 Å². The van der Waals surface area contributed by atoms with E-state index in [-0.39, 0.29) is 11.5 Å². The zero-order valence-electron chi connectivity index (χ0n) is 13.1. The first-order valence-electron chi connectivity index (χ1n) is 7.13. The molecule has 0 aliphatic rings. The normalized spacial score (nSPS) is 10.9. The van der Waals surface area contributed by atoms with Crippen LogP contribution < -0.4 is 10.9 Å². The van der Waals surface area contributed by atoms with Gasteiger partial charge in [-0.2, -0.15) is 0 Å². The van der Waals surface area contributed by atoms with Crippen LogP contribution in [0.4, 0.5) is 0 Å². The number of amides is 1. The van der Waals surface area contributed by atoms with Crippen molar-refractivity contribution in [3.8, 4) is 0 Å². The number of thiophene rings is 1. The molecule has 0 aliphatic heterocycles. The lowest BCUT2D eigenvalue weighted by Crippen LogP contribution is -2.23. The number of pyridine rings is 1. The molecule has 1 amide bonds. The molecule has 0 atom stereocenters. The summed E-state index contributed by atoms with van der Waals surface area (Å²) in [5, 5.41) is 3.36. The molecule has 3 aromatic heterocycles. The quantitative estimate of drug-likeness (QED) is 0.797. The van der Waals surface area contributed by atoms with Crippen LogP contribution in [0, 0.1) is 13.8 Å². The summed E-state index contributed by atoms with van der Waals surface area (Å²) in [5.74, 6) is -0.212. The van der Waals surface area contributed by atoms with Crippen molar-refractivity contribution in [3.63, 3.8) is 0 Å². The summed E-state index contributed by atoms with van der Waals surface area (Å²) in [6.07, 6.45) is 1.47. The lowest BCUT2D eigenvalue weighted by atomic mass is 10.2. The average Bonchev–Trinajstić information content (AvgIpc) is 2.86. The highest BCUT2D eigenvalue weighted by atomic mass is 32.1. The highest BCUT2D eigenvalue weighted by Crippen LogP contribution is 2.26. The second-order valence-corrected chi connectivity index (χ2v) is 6.35. The van der Waals surface area contributed by atoms with Gasteiger partial charge in [-0.15, -0.1) is 11.3 Å². The van der Waals surface area contributed by atoms with E-state index in [1.807, 2.05) is 25.1 Å². The molecule has 1 N–H and O–H groups in total. The SMILES string of the molecule is Cc1cccc(CNC(=O)c2sc3ncn(C)c(=O)c3c2C)n1. The van der Waals surface area contributed by atoms with E-state index in [9.17, 15) is 9.59 Å². The third kappa shape index (κ3) is 2.87. The minimum atomic E-state index is -0.212. The number of nitrogens with one attached hydrogen (secondary N) is 1. The monoisotopic (exact) mass is 328 g/mol. The molecule has 23 heavy (non-hydrogen) atoms. The summed E-state index contributed by atoms with van der Waals surface area (Å²) in [5.41, 5.74) is 2.24. The van der Waals surface area contributed by atoms with Gasteiger partial charge in [-0.1, -0.05) is 6.07 Å². The molecular formula is C16H16N4O2S. The van der Waals surface area contributed by atoms with Crippen molar-refractivity contribution in [2.24, 2.45) is 7.05 Å². The van der Waals surface area contributed by atoms with Crippen LogP contribution in [-0.4, -0.2) is 20.4 Å². The predicted molar refractivity (Wildman–Crippen MR) is 89.7 cm³/mol. The Hall–Kier alpha value is -2.54. The summed E-state index contributed by atoms with van der Waals surface area (Å²) in [6.45, 7) is 4.03. The summed E-state index contributed by atoms with van der Waals surface area (Å²) >= 11 is 1.24. The summed E-state index contributed by atoms with van der Waals surface area (Å²) in [7, 11) is 1.65. The second kappa shape index (κ2) is 5.92. The molecule has 6 nitrogen and oxygen atoms in total. The first kappa shape index (κ1) is 15.4. The van der Waals surface area contributed by atoms with Crippen LogP contribution in [0.5, 0.6) is 0 Å². The van der Waals surface area contributed by atoms with E-state index in [2.05, 4.69) is 15.3 Å². The number of nitrogens with zero attached hydrogens (tertiary/aromatic N) is 3.